The highest BCUT2D eigenvalue weighted by atomic mass is 35.5. The zero-order valence-electron chi connectivity index (χ0n) is 7.87. The Morgan fingerprint density at radius 1 is 1.36 bits per heavy atom. The van der Waals surface area contributed by atoms with Crippen LogP contribution < -0.4 is 5.73 Å². The van der Waals surface area contributed by atoms with Crippen LogP contribution in [0.5, 0.6) is 0 Å². The van der Waals surface area contributed by atoms with Crippen LogP contribution in [0, 0.1) is 0 Å². The van der Waals surface area contributed by atoms with Crippen LogP contribution in [0.25, 0.3) is 0 Å². The zero-order valence-corrected chi connectivity index (χ0v) is 9.44. The van der Waals surface area contributed by atoms with E-state index < -0.39 is 0 Å². The number of rotatable bonds is 2. The van der Waals surface area contributed by atoms with Crippen molar-refractivity contribution in [1.82, 2.24) is 4.98 Å². The lowest BCUT2D eigenvalue weighted by atomic mass is 10.4. The van der Waals surface area contributed by atoms with E-state index in [0.29, 0.717) is 16.0 Å². The minimum Gasteiger partial charge on any atom is -0.397 e. The molecule has 0 bridgehead atoms. The van der Waals surface area contributed by atoms with Gasteiger partial charge in [-0.05, 0) is 12.8 Å². The van der Waals surface area contributed by atoms with Crippen LogP contribution in [-0.4, -0.2) is 10.2 Å². The van der Waals surface area contributed by atoms with Crippen LogP contribution in [-0.2, 0) is 0 Å². The third-order valence-corrected chi connectivity index (χ3v) is 4.36. The van der Waals surface area contributed by atoms with Crippen LogP contribution in [0.3, 0.4) is 0 Å². The number of anilines is 1. The lowest BCUT2D eigenvalue weighted by Crippen LogP contribution is -1.97. The Morgan fingerprint density at radius 3 is 2.71 bits per heavy atom. The maximum atomic E-state index is 6.04. The third kappa shape index (κ3) is 2.15. The van der Waals surface area contributed by atoms with E-state index in [-0.39, 0.29) is 0 Å². The summed E-state index contributed by atoms with van der Waals surface area (Å²) < 4.78 is 0. The standard InChI is InChI=1S/C10H13ClN2S/c11-8-5-13-6-9(12)10(8)14-7-3-1-2-4-7/h5-7H,1-4,12H2. The molecule has 2 rings (SSSR count). The van der Waals surface area contributed by atoms with Gasteiger partial charge in [-0.15, -0.1) is 11.8 Å². The molecule has 0 aromatic carbocycles. The molecule has 0 spiro atoms. The highest BCUT2D eigenvalue weighted by molar-refractivity contribution is 8.00. The molecule has 1 fully saturated rings. The molecule has 1 heterocycles. The highest BCUT2D eigenvalue weighted by Crippen LogP contribution is 2.40. The van der Waals surface area contributed by atoms with Gasteiger partial charge in [-0.2, -0.15) is 0 Å². The van der Waals surface area contributed by atoms with Crippen LogP contribution >= 0.6 is 23.4 Å². The van der Waals surface area contributed by atoms with E-state index in [9.17, 15) is 0 Å². The summed E-state index contributed by atoms with van der Waals surface area (Å²) >= 11 is 7.85. The first-order chi connectivity index (χ1) is 6.77. The maximum absolute atomic E-state index is 6.04. The summed E-state index contributed by atoms with van der Waals surface area (Å²) in [5, 5.41) is 1.37. The van der Waals surface area contributed by atoms with Crippen molar-refractivity contribution in [3.05, 3.63) is 17.4 Å². The lowest BCUT2D eigenvalue weighted by Gasteiger charge is -2.11. The summed E-state index contributed by atoms with van der Waals surface area (Å²) in [5.41, 5.74) is 6.53. The van der Waals surface area contributed by atoms with Crippen molar-refractivity contribution >= 4 is 29.1 Å². The molecule has 0 amide bonds. The normalized spacial score (nSPS) is 17.5. The van der Waals surface area contributed by atoms with E-state index in [1.165, 1.54) is 25.7 Å². The average Bonchev–Trinajstić information content (AvgIpc) is 2.64. The molecule has 76 valence electrons. The summed E-state index contributed by atoms with van der Waals surface area (Å²) in [6.45, 7) is 0. The van der Waals surface area contributed by atoms with Crippen molar-refractivity contribution in [2.45, 2.75) is 35.8 Å². The van der Waals surface area contributed by atoms with Crippen molar-refractivity contribution < 1.29 is 0 Å². The van der Waals surface area contributed by atoms with Crippen molar-refractivity contribution in [3.63, 3.8) is 0 Å². The van der Waals surface area contributed by atoms with Gasteiger partial charge in [0.25, 0.3) is 0 Å². The molecule has 14 heavy (non-hydrogen) atoms. The molecule has 2 nitrogen and oxygen atoms in total. The second kappa shape index (κ2) is 4.41. The lowest BCUT2D eigenvalue weighted by molar-refractivity contribution is 0.886. The molecule has 1 aromatic heterocycles. The summed E-state index contributed by atoms with van der Waals surface area (Å²) in [6.07, 6.45) is 8.56. The van der Waals surface area contributed by atoms with Crippen molar-refractivity contribution in [3.8, 4) is 0 Å². The first kappa shape index (κ1) is 10.1. The fraction of sp³-hybridized carbons (Fsp3) is 0.500. The Bertz CT molecular complexity index is 304. The van der Waals surface area contributed by atoms with Gasteiger partial charge in [-0.25, -0.2) is 0 Å². The van der Waals surface area contributed by atoms with Gasteiger partial charge >= 0.3 is 0 Å². The average molecular weight is 229 g/mol. The highest BCUT2D eigenvalue weighted by Gasteiger charge is 2.18. The van der Waals surface area contributed by atoms with Gasteiger partial charge in [-0.1, -0.05) is 24.4 Å². The Morgan fingerprint density at radius 2 is 2.07 bits per heavy atom. The van der Waals surface area contributed by atoms with E-state index in [1.807, 2.05) is 11.8 Å². The fourth-order valence-electron chi connectivity index (χ4n) is 1.74. The van der Waals surface area contributed by atoms with Gasteiger partial charge in [0, 0.05) is 11.4 Å². The minimum absolute atomic E-state index is 0.682. The molecule has 0 radical (unpaired) electrons. The maximum Gasteiger partial charge on any atom is 0.0746 e. The molecule has 0 atom stereocenters. The van der Waals surface area contributed by atoms with Crippen molar-refractivity contribution in [1.29, 1.82) is 0 Å². The predicted molar refractivity (Wildman–Crippen MR) is 61.8 cm³/mol. The number of nitrogens with two attached hydrogens (primary N) is 1. The molecule has 0 unspecified atom stereocenters. The van der Waals surface area contributed by atoms with Gasteiger partial charge in [0.1, 0.15) is 0 Å². The molecule has 2 N–H and O–H groups in total. The van der Waals surface area contributed by atoms with Gasteiger partial charge in [0.2, 0.25) is 0 Å². The van der Waals surface area contributed by atoms with E-state index in [1.54, 1.807) is 12.4 Å². The van der Waals surface area contributed by atoms with E-state index in [0.717, 1.165) is 4.90 Å². The first-order valence-electron chi connectivity index (χ1n) is 4.83. The monoisotopic (exact) mass is 228 g/mol. The van der Waals surface area contributed by atoms with Crippen LogP contribution in [0.1, 0.15) is 25.7 Å². The molecule has 0 aliphatic heterocycles. The summed E-state index contributed by atoms with van der Waals surface area (Å²) in [6, 6.07) is 0. The number of aromatic nitrogens is 1. The van der Waals surface area contributed by atoms with Crippen LogP contribution in [0.15, 0.2) is 17.3 Å². The smallest absolute Gasteiger partial charge is 0.0746 e. The van der Waals surface area contributed by atoms with E-state index in [4.69, 9.17) is 17.3 Å². The van der Waals surface area contributed by atoms with Crippen LogP contribution in [0.4, 0.5) is 5.69 Å². The number of thioether (sulfide) groups is 1. The van der Waals surface area contributed by atoms with Gasteiger partial charge < -0.3 is 5.73 Å². The Labute approximate surface area is 93.2 Å². The second-order valence-corrected chi connectivity index (χ2v) is 5.28. The summed E-state index contributed by atoms with van der Waals surface area (Å²) in [5.74, 6) is 0. The minimum atomic E-state index is 0.682. The van der Waals surface area contributed by atoms with Gasteiger partial charge in [0.15, 0.2) is 0 Å². The van der Waals surface area contributed by atoms with Crippen LogP contribution in [0.2, 0.25) is 5.02 Å². The molecular weight excluding hydrogens is 216 g/mol. The SMILES string of the molecule is Nc1cncc(Cl)c1SC1CCCC1. The Balaban J connectivity index is 2.14. The quantitative estimate of drug-likeness (QED) is 0.844. The van der Waals surface area contributed by atoms with Crippen molar-refractivity contribution in [2.24, 2.45) is 0 Å². The van der Waals surface area contributed by atoms with Gasteiger partial charge in [0.05, 0.1) is 21.8 Å². The molecule has 1 aromatic rings. The molecule has 1 saturated carbocycles. The largest absolute Gasteiger partial charge is 0.397 e. The summed E-state index contributed by atoms with van der Waals surface area (Å²) in [7, 11) is 0. The second-order valence-electron chi connectivity index (χ2n) is 3.56. The Hall–Kier alpha value is -0.410. The number of nitrogen functional groups attached to an aromatic ring is 1. The molecular formula is C10H13ClN2S. The first-order valence-corrected chi connectivity index (χ1v) is 6.09. The number of nitrogens with zero attached hydrogens (tertiary/aromatic N) is 1. The molecule has 1 aliphatic carbocycles. The summed E-state index contributed by atoms with van der Waals surface area (Å²) in [4.78, 5) is 4.96. The number of hydrogen-bond donors (Lipinski definition) is 1. The fourth-order valence-corrected chi connectivity index (χ4v) is 3.29. The number of hydrogen-bond acceptors (Lipinski definition) is 3. The zero-order chi connectivity index (χ0) is 9.97. The molecule has 0 saturated heterocycles. The van der Waals surface area contributed by atoms with E-state index >= 15 is 0 Å². The van der Waals surface area contributed by atoms with E-state index in [2.05, 4.69) is 4.98 Å². The predicted octanol–water partition coefficient (Wildman–Crippen LogP) is 3.35. The number of pyridine rings is 1. The third-order valence-electron chi connectivity index (χ3n) is 2.47. The topological polar surface area (TPSA) is 38.9 Å². The number of halogens is 1. The Kier molecular flexibility index (Phi) is 3.19. The van der Waals surface area contributed by atoms with Crippen molar-refractivity contribution in [2.75, 3.05) is 5.73 Å². The molecule has 4 heteroatoms. The molecule has 1 aliphatic rings. The van der Waals surface area contributed by atoms with Gasteiger partial charge in [-0.3, -0.25) is 4.98 Å².